The van der Waals surface area contributed by atoms with Crippen molar-refractivity contribution in [2.75, 3.05) is 0 Å². The van der Waals surface area contributed by atoms with Gasteiger partial charge in [-0.1, -0.05) is 15.9 Å². The first-order valence-electron chi connectivity index (χ1n) is 5.64. The number of alkyl halides is 7. The van der Waals surface area contributed by atoms with E-state index < -0.39 is 53.2 Å². The van der Waals surface area contributed by atoms with Crippen molar-refractivity contribution < 1.29 is 35.9 Å². The summed E-state index contributed by atoms with van der Waals surface area (Å²) in [5.74, 6) is -2.52. The molecule has 0 amide bonds. The summed E-state index contributed by atoms with van der Waals surface area (Å²) in [5.41, 5.74) is -3.96. The van der Waals surface area contributed by atoms with Gasteiger partial charge in [0.1, 0.15) is 6.10 Å². The van der Waals surface area contributed by atoms with Crippen LogP contribution in [0.2, 0.25) is 0 Å². The van der Waals surface area contributed by atoms with E-state index in [0.717, 1.165) is 6.92 Å². The molecule has 1 saturated carbocycles. The lowest BCUT2D eigenvalue weighted by atomic mass is 9.82. The third kappa shape index (κ3) is 2.02. The number of piperidine rings is 1. The topological polar surface area (TPSA) is 38.3 Å². The van der Waals surface area contributed by atoms with Crippen LogP contribution >= 0.6 is 15.9 Å². The number of ether oxygens (including phenoxy) is 1. The van der Waals surface area contributed by atoms with Crippen molar-refractivity contribution in [2.24, 2.45) is 5.92 Å². The molecule has 2 bridgehead atoms. The molecule has 2 rings (SSSR count). The molecule has 1 saturated heterocycles. The highest BCUT2D eigenvalue weighted by Gasteiger charge is 2.81. The predicted octanol–water partition coefficient (Wildman–Crippen LogP) is 2.54. The molecule has 1 aliphatic carbocycles. The van der Waals surface area contributed by atoms with E-state index in [4.69, 9.17) is 4.74 Å². The first kappa shape index (κ1) is 15.9. The summed E-state index contributed by atoms with van der Waals surface area (Å²) in [7, 11) is 0. The summed E-state index contributed by atoms with van der Waals surface area (Å²) in [6, 6.07) is -1.23. The summed E-state index contributed by atoms with van der Waals surface area (Å²) in [6.45, 7) is 1.05. The number of hydrogen-bond acceptors (Lipinski definition) is 3. The molecule has 0 radical (unpaired) electrons. The van der Waals surface area contributed by atoms with Crippen molar-refractivity contribution >= 4 is 21.9 Å². The smallest absolute Gasteiger partial charge is 0.415 e. The number of fused-ring (bicyclic) bond motifs is 2. The summed E-state index contributed by atoms with van der Waals surface area (Å²) in [4.78, 5) is 9.75. The fourth-order valence-corrected chi connectivity index (χ4v) is 4.10. The number of rotatable bonds is 1. The third-order valence-corrected chi connectivity index (χ3v) is 4.98. The molecule has 4 atom stereocenters. The van der Waals surface area contributed by atoms with Crippen LogP contribution in [0.25, 0.3) is 0 Å². The molecule has 2 fully saturated rings. The number of esters is 1. The summed E-state index contributed by atoms with van der Waals surface area (Å²) < 4.78 is 82.9. The molecule has 10 heteroatoms. The SMILES string of the molecule is CC(=O)OC1CC2C(Br)C1NC2(C(F)(F)F)C(F)(F)F. The molecule has 0 aromatic carbocycles. The third-order valence-electron chi connectivity index (χ3n) is 3.78. The summed E-state index contributed by atoms with van der Waals surface area (Å²) in [5, 5.41) is 1.61. The van der Waals surface area contributed by atoms with E-state index in [1.807, 2.05) is 0 Å². The van der Waals surface area contributed by atoms with Crippen LogP contribution in [0.1, 0.15) is 13.3 Å². The Hall–Kier alpha value is -0.510. The Balaban J connectivity index is 2.37. The number of halogens is 7. The molecule has 0 aromatic rings. The van der Waals surface area contributed by atoms with Crippen molar-refractivity contribution in [3.63, 3.8) is 0 Å². The van der Waals surface area contributed by atoms with Crippen LogP contribution in [0.15, 0.2) is 0 Å². The Morgan fingerprint density at radius 3 is 2.05 bits per heavy atom. The van der Waals surface area contributed by atoms with Crippen LogP contribution in [0, 0.1) is 5.92 Å². The highest BCUT2D eigenvalue weighted by atomic mass is 79.9. The second-order valence-corrected chi connectivity index (χ2v) is 5.97. The predicted molar refractivity (Wildman–Crippen MR) is 58.1 cm³/mol. The number of carbonyl (C=O) groups excluding carboxylic acids is 1. The summed E-state index contributed by atoms with van der Waals surface area (Å²) in [6.07, 6.45) is -12.5. The van der Waals surface area contributed by atoms with Gasteiger partial charge in [0.2, 0.25) is 5.54 Å². The Morgan fingerprint density at radius 2 is 1.75 bits per heavy atom. The van der Waals surface area contributed by atoms with E-state index >= 15 is 0 Å². The van der Waals surface area contributed by atoms with Crippen molar-refractivity contribution in [3.05, 3.63) is 0 Å². The van der Waals surface area contributed by atoms with E-state index in [1.54, 1.807) is 5.32 Å². The average molecular weight is 370 g/mol. The van der Waals surface area contributed by atoms with Crippen LogP contribution in [0.5, 0.6) is 0 Å². The van der Waals surface area contributed by atoms with Crippen LogP contribution in [-0.4, -0.2) is 40.8 Å². The fraction of sp³-hybridized carbons (Fsp3) is 0.900. The first-order chi connectivity index (χ1) is 8.92. The first-order valence-corrected chi connectivity index (χ1v) is 6.56. The van der Waals surface area contributed by atoms with Gasteiger partial charge in [-0.15, -0.1) is 0 Å². The van der Waals surface area contributed by atoms with E-state index in [-0.39, 0.29) is 0 Å². The van der Waals surface area contributed by atoms with E-state index in [0.29, 0.717) is 0 Å². The molecule has 1 aliphatic heterocycles. The molecule has 1 heterocycles. The second kappa shape index (κ2) is 4.49. The molecule has 4 unspecified atom stereocenters. The van der Waals surface area contributed by atoms with Crippen molar-refractivity contribution in [3.8, 4) is 0 Å². The molecule has 0 aromatic heterocycles. The lowest BCUT2D eigenvalue weighted by Crippen LogP contribution is -2.70. The van der Waals surface area contributed by atoms with Gasteiger partial charge >= 0.3 is 18.3 Å². The van der Waals surface area contributed by atoms with Crippen molar-refractivity contribution in [1.82, 2.24) is 5.32 Å². The minimum absolute atomic E-state index is 0.494. The average Bonchev–Trinajstić information content (AvgIpc) is 2.66. The highest BCUT2D eigenvalue weighted by molar-refractivity contribution is 9.09. The van der Waals surface area contributed by atoms with Crippen LogP contribution in [-0.2, 0) is 9.53 Å². The van der Waals surface area contributed by atoms with E-state index in [2.05, 4.69) is 15.9 Å². The zero-order valence-electron chi connectivity index (χ0n) is 9.98. The Kier molecular flexibility index (Phi) is 3.56. The maximum atomic E-state index is 13.0. The molecular formula is C10H10BrF6NO2. The molecule has 0 spiro atoms. The van der Waals surface area contributed by atoms with Gasteiger partial charge in [-0.25, -0.2) is 0 Å². The lowest BCUT2D eigenvalue weighted by molar-refractivity contribution is -0.320. The van der Waals surface area contributed by atoms with Gasteiger partial charge < -0.3 is 4.74 Å². The van der Waals surface area contributed by atoms with Gasteiger partial charge in [0, 0.05) is 17.7 Å². The standard InChI is InChI=1S/C10H10BrF6NO2/c1-3(19)20-5-2-4-6(11)7(5)18-8(4,9(12,13)14)10(15,16)17/h4-7,18H,2H2,1H3. The minimum Gasteiger partial charge on any atom is -0.461 e. The van der Waals surface area contributed by atoms with Crippen molar-refractivity contribution in [1.29, 1.82) is 0 Å². The van der Waals surface area contributed by atoms with Gasteiger partial charge in [0.05, 0.1) is 6.04 Å². The quantitative estimate of drug-likeness (QED) is 0.438. The lowest BCUT2D eigenvalue weighted by Gasteiger charge is -2.42. The fourth-order valence-electron chi connectivity index (χ4n) is 3.02. The normalized spacial score (nSPS) is 36.2. The van der Waals surface area contributed by atoms with Crippen LogP contribution in [0.4, 0.5) is 26.3 Å². The molecule has 116 valence electrons. The zero-order chi connectivity index (χ0) is 15.5. The molecule has 2 aliphatic rings. The van der Waals surface area contributed by atoms with E-state index in [9.17, 15) is 31.1 Å². The monoisotopic (exact) mass is 369 g/mol. The van der Waals surface area contributed by atoms with Crippen LogP contribution < -0.4 is 5.32 Å². The van der Waals surface area contributed by atoms with Gasteiger partial charge in [0.25, 0.3) is 0 Å². The van der Waals surface area contributed by atoms with Gasteiger partial charge in [-0.05, 0) is 6.42 Å². The summed E-state index contributed by atoms with van der Waals surface area (Å²) >= 11 is 2.87. The molecule has 20 heavy (non-hydrogen) atoms. The largest absolute Gasteiger partial charge is 0.461 e. The van der Waals surface area contributed by atoms with Gasteiger partial charge in [-0.2, -0.15) is 26.3 Å². The molecule has 1 N–H and O–H groups in total. The Morgan fingerprint density at radius 1 is 1.25 bits per heavy atom. The van der Waals surface area contributed by atoms with Crippen molar-refractivity contribution in [2.45, 2.75) is 48.2 Å². The van der Waals surface area contributed by atoms with Gasteiger partial charge in [-0.3, -0.25) is 10.1 Å². The second-order valence-electron chi connectivity index (χ2n) is 4.91. The Bertz CT molecular complexity index is 409. The number of nitrogens with one attached hydrogen (secondary N) is 1. The molecular weight excluding hydrogens is 360 g/mol. The number of carbonyl (C=O) groups is 1. The van der Waals surface area contributed by atoms with E-state index in [1.165, 1.54) is 0 Å². The number of hydrogen-bond donors (Lipinski definition) is 1. The highest BCUT2D eigenvalue weighted by Crippen LogP contribution is 2.59. The maximum Gasteiger partial charge on any atom is 0.415 e. The van der Waals surface area contributed by atoms with Crippen LogP contribution in [0.3, 0.4) is 0 Å². The zero-order valence-corrected chi connectivity index (χ0v) is 11.6. The minimum atomic E-state index is -5.49. The van der Waals surface area contributed by atoms with Gasteiger partial charge in [0.15, 0.2) is 0 Å². The molecule has 3 nitrogen and oxygen atoms in total. The maximum absolute atomic E-state index is 13.0. The Labute approximate surface area is 118 Å².